The Morgan fingerprint density at radius 2 is 2.11 bits per heavy atom. The third-order valence-corrected chi connectivity index (χ3v) is 4.04. The van der Waals surface area contributed by atoms with Gasteiger partial charge in [-0.15, -0.1) is 5.11 Å². The predicted molar refractivity (Wildman–Crippen MR) is 95.9 cm³/mol. The van der Waals surface area contributed by atoms with Gasteiger partial charge in [-0.3, -0.25) is 9.36 Å². The first-order chi connectivity index (χ1) is 12.8. The number of aromatic nitrogens is 1. The lowest BCUT2D eigenvalue weighted by Crippen LogP contribution is -2.23. The van der Waals surface area contributed by atoms with E-state index in [-0.39, 0.29) is 39.6 Å². The number of carbonyl (C=O) groups excluding carboxylic acids is 1. The molecule has 2 aromatic rings. The summed E-state index contributed by atoms with van der Waals surface area (Å²) in [5, 5.41) is 36.3. The van der Waals surface area contributed by atoms with Crippen LogP contribution in [0.15, 0.2) is 33.2 Å². The Bertz CT molecular complexity index is 1020. The maximum atomic E-state index is 12.5. The zero-order valence-corrected chi connectivity index (χ0v) is 15.2. The van der Waals surface area contributed by atoms with Crippen molar-refractivity contribution in [1.82, 2.24) is 4.57 Å². The van der Waals surface area contributed by atoms with Gasteiger partial charge in [-0.25, -0.2) is 4.79 Å². The van der Waals surface area contributed by atoms with E-state index in [1.807, 2.05) is 0 Å². The Balaban J connectivity index is 2.58. The van der Waals surface area contributed by atoms with Crippen LogP contribution in [-0.4, -0.2) is 34.5 Å². The van der Waals surface area contributed by atoms with Gasteiger partial charge in [-0.1, -0.05) is 11.6 Å². The van der Waals surface area contributed by atoms with E-state index < -0.39 is 24.0 Å². The van der Waals surface area contributed by atoms with Crippen LogP contribution >= 0.6 is 11.6 Å². The third-order valence-electron chi connectivity index (χ3n) is 3.71. The van der Waals surface area contributed by atoms with E-state index in [0.29, 0.717) is 0 Å². The molecule has 0 saturated heterocycles. The van der Waals surface area contributed by atoms with Crippen molar-refractivity contribution in [2.75, 3.05) is 13.7 Å². The number of ether oxygens (including phenoxy) is 1. The molecule has 1 heterocycles. The van der Waals surface area contributed by atoms with E-state index in [1.54, 1.807) is 6.07 Å². The van der Waals surface area contributed by atoms with Crippen LogP contribution in [0.2, 0.25) is 5.02 Å². The smallest absolute Gasteiger partial charge is 0.339 e. The molecule has 27 heavy (non-hydrogen) atoms. The Kier molecular flexibility index (Phi) is 6.28. The number of methoxy groups -OCH3 is 1. The molecule has 9 nitrogen and oxygen atoms in total. The first-order valence-electron chi connectivity index (χ1n) is 7.62. The van der Waals surface area contributed by atoms with E-state index in [0.717, 1.165) is 4.57 Å². The standard InChI is InChI=1S/C17H15ClN4O5/c1-9-12(8-19)15(24)22(5-6-23)16(25)14(9)21-20-10-3-4-13(18)11(7-10)17(26)27-2/h3-4,7,23-24H,5-6H2,1-2H3. The van der Waals surface area contributed by atoms with Crippen LogP contribution in [-0.2, 0) is 11.3 Å². The van der Waals surface area contributed by atoms with Crippen LogP contribution in [0, 0.1) is 18.3 Å². The van der Waals surface area contributed by atoms with Gasteiger partial charge in [0, 0.05) is 5.56 Å². The molecule has 0 atom stereocenters. The van der Waals surface area contributed by atoms with Crippen LogP contribution in [0.4, 0.5) is 11.4 Å². The normalized spacial score (nSPS) is 10.8. The lowest BCUT2D eigenvalue weighted by atomic mass is 10.1. The maximum Gasteiger partial charge on any atom is 0.339 e. The Morgan fingerprint density at radius 3 is 2.70 bits per heavy atom. The number of esters is 1. The van der Waals surface area contributed by atoms with Crippen molar-refractivity contribution >= 4 is 28.9 Å². The molecule has 2 N–H and O–H groups in total. The monoisotopic (exact) mass is 390 g/mol. The highest BCUT2D eigenvalue weighted by atomic mass is 35.5. The van der Waals surface area contributed by atoms with Crippen molar-refractivity contribution in [3.8, 4) is 11.9 Å². The molecule has 0 aliphatic rings. The second-order valence-electron chi connectivity index (χ2n) is 5.32. The first-order valence-corrected chi connectivity index (χ1v) is 8.00. The molecule has 0 radical (unpaired) electrons. The Morgan fingerprint density at radius 1 is 1.41 bits per heavy atom. The number of aliphatic hydroxyl groups excluding tert-OH is 1. The summed E-state index contributed by atoms with van der Waals surface area (Å²) >= 11 is 5.94. The van der Waals surface area contributed by atoms with E-state index >= 15 is 0 Å². The summed E-state index contributed by atoms with van der Waals surface area (Å²) < 4.78 is 5.46. The van der Waals surface area contributed by atoms with Gasteiger partial charge in [0.25, 0.3) is 5.56 Å². The molecule has 140 valence electrons. The number of hydrogen-bond acceptors (Lipinski definition) is 8. The average molecular weight is 391 g/mol. The number of nitriles is 1. The van der Waals surface area contributed by atoms with Gasteiger partial charge in [0.15, 0.2) is 5.69 Å². The second kappa shape index (κ2) is 8.44. The fourth-order valence-electron chi connectivity index (χ4n) is 2.31. The lowest BCUT2D eigenvalue weighted by molar-refractivity contribution is 0.0601. The van der Waals surface area contributed by atoms with E-state index in [9.17, 15) is 20.0 Å². The molecule has 10 heteroatoms. The molecular weight excluding hydrogens is 376 g/mol. The number of rotatable bonds is 5. The fourth-order valence-corrected chi connectivity index (χ4v) is 2.51. The SMILES string of the molecule is COC(=O)c1cc(N=Nc2c(C)c(C#N)c(O)n(CCO)c2=O)ccc1Cl. The molecule has 0 unspecified atom stereocenters. The maximum absolute atomic E-state index is 12.5. The summed E-state index contributed by atoms with van der Waals surface area (Å²) in [5.74, 6) is -1.21. The zero-order valence-electron chi connectivity index (χ0n) is 14.4. The van der Waals surface area contributed by atoms with Crippen molar-refractivity contribution in [1.29, 1.82) is 5.26 Å². The molecular formula is C17H15ClN4O5. The molecule has 0 amide bonds. The van der Waals surface area contributed by atoms with Crippen LogP contribution in [0.1, 0.15) is 21.5 Å². The number of aromatic hydroxyl groups is 1. The summed E-state index contributed by atoms with van der Waals surface area (Å²) in [6.07, 6.45) is 0. The van der Waals surface area contributed by atoms with Crippen LogP contribution in [0.5, 0.6) is 5.88 Å². The minimum atomic E-state index is -0.719. The summed E-state index contributed by atoms with van der Waals surface area (Å²) in [6, 6.07) is 6.04. The summed E-state index contributed by atoms with van der Waals surface area (Å²) in [5.41, 5.74) is -0.605. The number of aliphatic hydroxyl groups is 1. The number of benzene rings is 1. The van der Waals surface area contributed by atoms with Gasteiger partial charge < -0.3 is 14.9 Å². The molecule has 1 aromatic carbocycles. The first kappa shape index (κ1) is 20.1. The second-order valence-corrected chi connectivity index (χ2v) is 5.73. The van der Waals surface area contributed by atoms with Crippen molar-refractivity contribution in [3.05, 3.63) is 50.3 Å². The Labute approximate surface area is 158 Å². The van der Waals surface area contributed by atoms with Gasteiger partial charge in [-0.2, -0.15) is 10.4 Å². The van der Waals surface area contributed by atoms with Gasteiger partial charge >= 0.3 is 5.97 Å². The highest BCUT2D eigenvalue weighted by Gasteiger charge is 2.19. The molecule has 0 bridgehead atoms. The number of carbonyl (C=O) groups is 1. The van der Waals surface area contributed by atoms with E-state index in [2.05, 4.69) is 15.0 Å². The Hall–Kier alpha value is -3.22. The number of azo groups is 1. The third kappa shape index (κ3) is 3.97. The number of halogens is 1. The van der Waals surface area contributed by atoms with Crippen molar-refractivity contribution < 1.29 is 19.7 Å². The van der Waals surface area contributed by atoms with Crippen molar-refractivity contribution in [2.45, 2.75) is 13.5 Å². The van der Waals surface area contributed by atoms with Crippen LogP contribution in [0.3, 0.4) is 0 Å². The average Bonchev–Trinajstić information content (AvgIpc) is 2.66. The van der Waals surface area contributed by atoms with E-state index in [4.69, 9.17) is 16.7 Å². The van der Waals surface area contributed by atoms with Crippen LogP contribution in [0.25, 0.3) is 0 Å². The summed E-state index contributed by atoms with van der Waals surface area (Å²) in [7, 11) is 1.21. The summed E-state index contributed by atoms with van der Waals surface area (Å²) in [4.78, 5) is 24.2. The molecule has 0 aliphatic heterocycles. The summed E-state index contributed by atoms with van der Waals surface area (Å²) in [6.45, 7) is 0.812. The van der Waals surface area contributed by atoms with Gasteiger partial charge in [0.05, 0.1) is 36.5 Å². The molecule has 0 fully saturated rings. The topological polar surface area (TPSA) is 137 Å². The highest BCUT2D eigenvalue weighted by molar-refractivity contribution is 6.33. The van der Waals surface area contributed by atoms with E-state index in [1.165, 1.54) is 32.2 Å². The lowest BCUT2D eigenvalue weighted by Gasteiger charge is -2.11. The van der Waals surface area contributed by atoms with Gasteiger partial charge in [0.2, 0.25) is 5.88 Å². The predicted octanol–water partition coefficient (Wildman–Crippen LogP) is 2.58. The van der Waals surface area contributed by atoms with Crippen molar-refractivity contribution in [2.24, 2.45) is 10.2 Å². The quantitative estimate of drug-likeness (QED) is 0.594. The van der Waals surface area contributed by atoms with Gasteiger partial charge in [0.1, 0.15) is 11.6 Å². The highest BCUT2D eigenvalue weighted by Crippen LogP contribution is 2.28. The molecule has 0 saturated carbocycles. The number of nitrogens with zero attached hydrogens (tertiary/aromatic N) is 4. The molecule has 1 aromatic heterocycles. The van der Waals surface area contributed by atoms with Gasteiger partial charge in [-0.05, 0) is 25.1 Å². The minimum Gasteiger partial charge on any atom is -0.493 e. The fraction of sp³-hybridized carbons (Fsp3) is 0.235. The number of pyridine rings is 1. The minimum absolute atomic E-state index is 0.0773. The van der Waals surface area contributed by atoms with Crippen molar-refractivity contribution in [3.63, 3.8) is 0 Å². The number of hydrogen-bond donors (Lipinski definition) is 2. The molecule has 2 rings (SSSR count). The molecule has 0 spiro atoms. The molecule has 0 aliphatic carbocycles. The van der Waals surface area contributed by atoms with Crippen LogP contribution < -0.4 is 5.56 Å². The largest absolute Gasteiger partial charge is 0.493 e. The zero-order chi connectivity index (χ0) is 20.1.